The van der Waals surface area contributed by atoms with Crippen LogP contribution >= 0.6 is 0 Å². The van der Waals surface area contributed by atoms with Crippen molar-refractivity contribution in [1.29, 1.82) is 0 Å². The summed E-state index contributed by atoms with van der Waals surface area (Å²) >= 11 is -1.33. The zero-order valence-corrected chi connectivity index (χ0v) is 35.1. The molecule has 6 rings (SSSR count). The largest absolute Gasteiger partial charge is 0.611 e. The second kappa shape index (κ2) is 18.8. The van der Waals surface area contributed by atoms with Crippen LogP contribution in [0.2, 0.25) is 0 Å². The molecule has 0 saturated carbocycles. The van der Waals surface area contributed by atoms with Crippen molar-refractivity contribution in [2.75, 3.05) is 31.6 Å². The summed E-state index contributed by atoms with van der Waals surface area (Å²) in [6.07, 6.45) is 10.3. The number of nitrogens with one attached hydrogen (secondary N) is 3. The van der Waals surface area contributed by atoms with E-state index < -0.39 is 15.9 Å². The number of carbonyl (C=O) groups excluding carboxylic acids is 3. The molecule has 3 amide bonds. The van der Waals surface area contributed by atoms with Gasteiger partial charge in [-0.15, -0.1) is 0 Å². The minimum atomic E-state index is -1.33. The molecule has 2 unspecified atom stereocenters. The van der Waals surface area contributed by atoms with E-state index in [2.05, 4.69) is 41.8 Å². The number of ether oxygens (including phenoxy) is 1. The van der Waals surface area contributed by atoms with Gasteiger partial charge in [0.2, 0.25) is 12.3 Å². The molecule has 57 heavy (non-hydrogen) atoms. The monoisotopic (exact) mass is 798 g/mol. The molecule has 0 aliphatic carbocycles. The number of aryl methyl sites for hydroxylation is 2. The number of likely N-dealkylation sites (tertiary alicyclic amines) is 1. The van der Waals surface area contributed by atoms with E-state index in [-0.39, 0.29) is 24.3 Å². The van der Waals surface area contributed by atoms with Crippen LogP contribution in [0.25, 0.3) is 10.9 Å². The highest BCUT2D eigenvalue weighted by Gasteiger charge is 2.34. The maximum Gasteiger partial charge on any atom is 0.254 e. The van der Waals surface area contributed by atoms with Gasteiger partial charge in [-0.25, -0.2) is 9.97 Å². The number of carbonyl (C=O) groups is 3. The number of hydrogen-bond acceptors (Lipinski definition) is 10. The van der Waals surface area contributed by atoms with Crippen molar-refractivity contribution in [3.8, 4) is 5.75 Å². The van der Waals surface area contributed by atoms with Gasteiger partial charge in [-0.05, 0) is 134 Å². The first-order chi connectivity index (χ1) is 27.3. The Kier molecular flexibility index (Phi) is 13.9. The molecule has 1 saturated heterocycles. The highest BCUT2D eigenvalue weighted by Crippen LogP contribution is 2.38. The number of aromatic amines is 1. The standard InChI is InChI=1S/C43H58N8O5S/c1-28(15-16-39(53)46-27-52)51-24-35-32(13-11-14-33(35)42(51)54)12-9-7-8-10-19-50-20-17-31(18-21-50)25-56-37-23-36-34(22-38(37)57(55)43(4,5)6)41(45-26-44-36)47-40-29(2)30(3)48-49-40/h11,13-14,22-23,26-28,31H,7-10,12,15-21,24-25H2,1-6H3,(H,46,52,53)(H2,44,45,47,48,49). The Balaban J connectivity index is 0.948. The Morgan fingerprint density at radius 3 is 2.60 bits per heavy atom. The molecule has 13 nitrogen and oxygen atoms in total. The summed E-state index contributed by atoms with van der Waals surface area (Å²) in [6, 6.07) is 9.76. The highest BCUT2D eigenvalue weighted by atomic mass is 32.2. The lowest BCUT2D eigenvalue weighted by molar-refractivity contribution is -0.125. The Morgan fingerprint density at radius 2 is 1.88 bits per heavy atom. The number of hydrogen-bond donors (Lipinski definition) is 3. The SMILES string of the molecule is Cc1[nH]nc(Nc2ncnc3cc(OCC4CCN(CCCCCCc5cccc6c5CN(C(C)CCC(=O)NC=O)C6=O)CC4)c([S+]([O-])C(C)(C)C)cc23)c1C. The maximum atomic E-state index is 13.8. The molecule has 4 heterocycles. The molecule has 14 heteroatoms. The van der Waals surface area contributed by atoms with Crippen molar-refractivity contribution in [1.82, 2.24) is 35.3 Å². The molecule has 2 aliphatic heterocycles. The van der Waals surface area contributed by atoms with E-state index in [1.807, 2.05) is 70.7 Å². The Labute approximate surface area is 339 Å². The van der Waals surface area contributed by atoms with Crippen LogP contribution in [-0.2, 0) is 33.7 Å². The van der Waals surface area contributed by atoms with E-state index in [4.69, 9.17) is 4.74 Å². The van der Waals surface area contributed by atoms with E-state index in [1.54, 1.807) is 0 Å². The second-order valence-electron chi connectivity index (χ2n) is 16.6. The van der Waals surface area contributed by atoms with Crippen molar-refractivity contribution in [3.05, 3.63) is 64.6 Å². The normalized spacial score (nSPS) is 16.1. The molecule has 2 aromatic heterocycles. The van der Waals surface area contributed by atoms with Gasteiger partial charge >= 0.3 is 0 Å². The van der Waals surface area contributed by atoms with Crippen molar-refractivity contribution in [2.45, 2.75) is 122 Å². The number of piperidine rings is 1. The molecule has 0 spiro atoms. The van der Waals surface area contributed by atoms with Crippen LogP contribution in [0.5, 0.6) is 5.75 Å². The van der Waals surface area contributed by atoms with Crippen molar-refractivity contribution in [2.24, 2.45) is 5.92 Å². The number of aromatic nitrogens is 4. The fraction of sp³-hybridized carbons (Fsp3) is 0.535. The minimum absolute atomic E-state index is 0.0230. The third-order valence-electron chi connectivity index (χ3n) is 11.4. The zero-order valence-electron chi connectivity index (χ0n) is 34.3. The number of nitrogens with zero attached hydrogens (tertiary/aromatic N) is 5. The topological polar surface area (TPSA) is 168 Å². The van der Waals surface area contributed by atoms with Gasteiger partial charge < -0.3 is 24.4 Å². The minimum Gasteiger partial charge on any atom is -0.611 e. The number of imide groups is 1. The van der Waals surface area contributed by atoms with E-state index in [1.165, 1.54) is 18.3 Å². The van der Waals surface area contributed by atoms with Crippen LogP contribution in [0.4, 0.5) is 11.6 Å². The molecule has 0 bridgehead atoms. The summed E-state index contributed by atoms with van der Waals surface area (Å²) in [7, 11) is 0. The summed E-state index contributed by atoms with van der Waals surface area (Å²) in [4.78, 5) is 49.6. The predicted octanol–water partition coefficient (Wildman–Crippen LogP) is 6.91. The summed E-state index contributed by atoms with van der Waals surface area (Å²) in [5.74, 6) is 2.04. The molecule has 4 aromatic rings. The number of H-pyrrole nitrogens is 1. The fourth-order valence-electron chi connectivity index (χ4n) is 7.70. The van der Waals surface area contributed by atoms with E-state index >= 15 is 0 Å². The second-order valence-corrected chi connectivity index (χ2v) is 18.8. The molecular weight excluding hydrogens is 741 g/mol. The molecule has 306 valence electrons. The van der Waals surface area contributed by atoms with Crippen LogP contribution in [0.15, 0.2) is 41.6 Å². The number of anilines is 2. The lowest BCUT2D eigenvalue weighted by Crippen LogP contribution is -2.36. The van der Waals surface area contributed by atoms with Gasteiger partial charge in [0.1, 0.15) is 16.9 Å². The molecule has 1 fully saturated rings. The van der Waals surface area contributed by atoms with Gasteiger partial charge in [0.15, 0.2) is 16.5 Å². The third-order valence-corrected chi connectivity index (χ3v) is 13.3. The molecule has 0 radical (unpaired) electrons. The summed E-state index contributed by atoms with van der Waals surface area (Å²) in [6.45, 7) is 16.2. The molecule has 3 N–H and O–H groups in total. The maximum absolute atomic E-state index is 13.8. The quantitative estimate of drug-likeness (QED) is 0.0547. The number of unbranched alkanes of at least 4 members (excludes halogenated alkanes) is 3. The van der Waals surface area contributed by atoms with Gasteiger partial charge in [-0.1, -0.05) is 25.0 Å². The first-order valence-electron chi connectivity index (χ1n) is 20.3. The van der Waals surface area contributed by atoms with Crippen LogP contribution in [-0.4, -0.2) is 89.8 Å². The van der Waals surface area contributed by atoms with Crippen LogP contribution in [0, 0.1) is 19.8 Å². The summed E-state index contributed by atoms with van der Waals surface area (Å²) in [5.41, 5.74) is 5.83. The smallest absolute Gasteiger partial charge is 0.254 e. The van der Waals surface area contributed by atoms with E-state index in [0.717, 1.165) is 85.9 Å². The first kappa shape index (κ1) is 42.1. The van der Waals surface area contributed by atoms with Crippen molar-refractivity contribution < 1.29 is 23.7 Å². The zero-order chi connectivity index (χ0) is 40.7. The number of benzene rings is 2. The molecule has 2 atom stereocenters. The Morgan fingerprint density at radius 1 is 1.11 bits per heavy atom. The Hall–Kier alpha value is -4.53. The van der Waals surface area contributed by atoms with Gasteiger partial charge in [-0.2, -0.15) is 5.10 Å². The summed E-state index contributed by atoms with van der Waals surface area (Å²) in [5, 5.41) is 13.7. The van der Waals surface area contributed by atoms with E-state index in [0.29, 0.717) is 59.7 Å². The predicted molar refractivity (Wildman–Crippen MR) is 223 cm³/mol. The van der Waals surface area contributed by atoms with Crippen LogP contribution < -0.4 is 15.4 Å². The molecule has 2 aliphatic rings. The van der Waals surface area contributed by atoms with Gasteiger partial charge in [0.25, 0.3) is 5.91 Å². The fourth-order valence-corrected chi connectivity index (χ4v) is 8.89. The highest BCUT2D eigenvalue weighted by molar-refractivity contribution is 7.92. The van der Waals surface area contributed by atoms with Gasteiger partial charge in [0, 0.05) is 53.3 Å². The summed E-state index contributed by atoms with van der Waals surface area (Å²) < 4.78 is 19.9. The number of amides is 3. The average Bonchev–Trinajstić information content (AvgIpc) is 3.71. The lowest BCUT2D eigenvalue weighted by Gasteiger charge is -2.32. The van der Waals surface area contributed by atoms with Gasteiger partial charge in [-0.3, -0.25) is 24.8 Å². The third kappa shape index (κ3) is 10.3. The first-order valence-corrected chi connectivity index (χ1v) is 21.5. The Bertz CT molecular complexity index is 2040. The average molecular weight is 799 g/mol. The molecule has 2 aromatic carbocycles. The van der Waals surface area contributed by atoms with Crippen molar-refractivity contribution in [3.63, 3.8) is 0 Å². The van der Waals surface area contributed by atoms with Crippen LogP contribution in [0.3, 0.4) is 0 Å². The van der Waals surface area contributed by atoms with Crippen LogP contribution in [0.1, 0.15) is 112 Å². The molecular formula is C43H58N8O5S. The number of fused-ring (bicyclic) bond motifs is 2. The lowest BCUT2D eigenvalue weighted by atomic mass is 9.97. The van der Waals surface area contributed by atoms with E-state index in [9.17, 15) is 18.9 Å². The number of rotatable bonds is 18. The van der Waals surface area contributed by atoms with Gasteiger partial charge in [0.05, 0.1) is 12.1 Å². The van der Waals surface area contributed by atoms with Crippen molar-refractivity contribution >= 4 is 51.9 Å².